The van der Waals surface area contributed by atoms with Crippen molar-refractivity contribution in [3.05, 3.63) is 57.8 Å². The summed E-state index contributed by atoms with van der Waals surface area (Å²) in [7, 11) is 0. The van der Waals surface area contributed by atoms with E-state index in [0.717, 1.165) is 0 Å². The summed E-state index contributed by atoms with van der Waals surface area (Å²) in [4.78, 5) is 13.0. The van der Waals surface area contributed by atoms with Gasteiger partial charge in [-0.2, -0.15) is 0 Å². The average molecular weight is 386 g/mol. The zero-order valence-corrected chi connectivity index (χ0v) is 14.4. The molecule has 1 heterocycles. The smallest absolute Gasteiger partial charge is 0.414 e. The fourth-order valence-electron chi connectivity index (χ4n) is 2.42. The predicted octanol–water partition coefficient (Wildman–Crippen LogP) is 4.03. The fraction of sp³-hybridized carbons (Fsp3) is 0.235. The van der Waals surface area contributed by atoms with Gasteiger partial charge in [-0.1, -0.05) is 29.3 Å². The van der Waals surface area contributed by atoms with Gasteiger partial charge >= 0.3 is 6.09 Å². The molecule has 0 bridgehead atoms. The Labute approximate surface area is 153 Å². The number of hydrogen-bond donors (Lipinski definition) is 1. The van der Waals surface area contributed by atoms with Crippen LogP contribution in [0.4, 0.5) is 14.9 Å². The standard InChI is InChI=1S/C17H14Cl2FNO4/c18-13-2-1-3-14(19)12(13)9-24-16-5-4-10(6-15(16)20)21-7-11(8-22)25-17(21)23/h1-6,11,22H,7-9H2. The van der Waals surface area contributed by atoms with Crippen LogP contribution in [0.25, 0.3) is 0 Å². The molecule has 0 aromatic heterocycles. The molecule has 1 aliphatic rings. The van der Waals surface area contributed by atoms with Gasteiger partial charge in [-0.05, 0) is 24.3 Å². The summed E-state index contributed by atoms with van der Waals surface area (Å²) in [5.74, 6) is -0.632. The molecule has 1 fully saturated rings. The number of carbonyl (C=O) groups excluding carboxylic acids is 1. The van der Waals surface area contributed by atoms with Gasteiger partial charge in [-0.3, -0.25) is 4.90 Å². The molecule has 25 heavy (non-hydrogen) atoms. The maximum atomic E-state index is 14.3. The Morgan fingerprint density at radius 3 is 2.60 bits per heavy atom. The van der Waals surface area contributed by atoms with Crippen LogP contribution in [0.15, 0.2) is 36.4 Å². The molecule has 1 N–H and O–H groups in total. The van der Waals surface area contributed by atoms with E-state index in [1.165, 1.54) is 23.1 Å². The maximum absolute atomic E-state index is 14.3. The first-order valence-corrected chi connectivity index (χ1v) is 8.19. The number of benzene rings is 2. The molecule has 1 saturated heterocycles. The van der Waals surface area contributed by atoms with Crippen LogP contribution in [-0.2, 0) is 11.3 Å². The number of rotatable bonds is 5. The van der Waals surface area contributed by atoms with E-state index in [-0.39, 0.29) is 25.5 Å². The van der Waals surface area contributed by atoms with Crippen molar-refractivity contribution < 1.29 is 23.8 Å². The molecule has 1 unspecified atom stereocenters. The highest BCUT2D eigenvalue weighted by atomic mass is 35.5. The van der Waals surface area contributed by atoms with Gasteiger partial charge in [0.15, 0.2) is 11.6 Å². The number of hydrogen-bond acceptors (Lipinski definition) is 4. The van der Waals surface area contributed by atoms with Crippen molar-refractivity contribution in [2.45, 2.75) is 12.7 Å². The number of halogens is 3. The summed E-state index contributed by atoms with van der Waals surface area (Å²) in [6.07, 6.45) is -1.25. The second kappa shape index (κ2) is 7.47. The van der Waals surface area contributed by atoms with Crippen LogP contribution in [0.1, 0.15) is 5.56 Å². The van der Waals surface area contributed by atoms with E-state index in [4.69, 9.17) is 37.8 Å². The number of carbonyl (C=O) groups is 1. The number of aliphatic hydroxyl groups is 1. The number of nitrogens with zero attached hydrogens (tertiary/aromatic N) is 1. The molecule has 0 saturated carbocycles. The lowest BCUT2D eigenvalue weighted by Gasteiger charge is -2.15. The second-order valence-corrected chi connectivity index (χ2v) is 6.22. The van der Waals surface area contributed by atoms with E-state index in [2.05, 4.69) is 0 Å². The van der Waals surface area contributed by atoms with E-state index in [0.29, 0.717) is 21.3 Å². The minimum atomic E-state index is -0.638. The van der Waals surface area contributed by atoms with Gasteiger partial charge in [-0.15, -0.1) is 0 Å². The normalized spacial score (nSPS) is 16.9. The lowest BCUT2D eigenvalue weighted by molar-refractivity contribution is 0.0963. The third kappa shape index (κ3) is 3.81. The summed E-state index contributed by atoms with van der Waals surface area (Å²) in [6, 6.07) is 9.16. The Balaban J connectivity index is 1.73. The molecule has 2 aromatic carbocycles. The molecular weight excluding hydrogens is 372 g/mol. The van der Waals surface area contributed by atoms with Gasteiger partial charge in [0.25, 0.3) is 0 Å². The minimum Gasteiger partial charge on any atom is -0.486 e. The number of cyclic esters (lactones) is 1. The molecule has 0 radical (unpaired) electrons. The van der Waals surface area contributed by atoms with Crippen molar-refractivity contribution in [3.8, 4) is 5.75 Å². The van der Waals surface area contributed by atoms with Crippen molar-refractivity contribution >= 4 is 35.0 Å². The SMILES string of the molecule is O=C1OC(CO)CN1c1ccc(OCc2c(Cl)cccc2Cl)c(F)c1. The molecular formula is C17H14Cl2FNO4. The van der Waals surface area contributed by atoms with Gasteiger partial charge in [0.2, 0.25) is 0 Å². The zero-order valence-electron chi connectivity index (χ0n) is 12.9. The molecule has 0 aliphatic carbocycles. The van der Waals surface area contributed by atoms with Crippen LogP contribution in [-0.4, -0.2) is 30.5 Å². The third-order valence-corrected chi connectivity index (χ3v) is 4.45. The Hall–Kier alpha value is -2.02. The zero-order chi connectivity index (χ0) is 18.0. The van der Waals surface area contributed by atoms with Gasteiger partial charge in [0.1, 0.15) is 12.7 Å². The summed E-state index contributed by atoms with van der Waals surface area (Å²) < 4.78 is 24.7. The highest BCUT2D eigenvalue weighted by molar-refractivity contribution is 6.35. The fourth-order valence-corrected chi connectivity index (χ4v) is 2.93. The molecule has 2 aromatic rings. The summed E-state index contributed by atoms with van der Waals surface area (Å²) in [5.41, 5.74) is 0.879. The number of anilines is 1. The van der Waals surface area contributed by atoms with Gasteiger partial charge in [0, 0.05) is 21.7 Å². The van der Waals surface area contributed by atoms with E-state index in [1.807, 2.05) is 0 Å². The van der Waals surface area contributed by atoms with Crippen molar-refractivity contribution in [1.82, 2.24) is 0 Å². The molecule has 1 amide bonds. The van der Waals surface area contributed by atoms with Crippen molar-refractivity contribution in [3.63, 3.8) is 0 Å². The largest absolute Gasteiger partial charge is 0.486 e. The first kappa shape index (κ1) is 17.8. The van der Waals surface area contributed by atoms with Crippen molar-refractivity contribution in [2.75, 3.05) is 18.1 Å². The highest BCUT2D eigenvalue weighted by Gasteiger charge is 2.32. The maximum Gasteiger partial charge on any atom is 0.414 e. The predicted molar refractivity (Wildman–Crippen MR) is 91.9 cm³/mol. The van der Waals surface area contributed by atoms with Crippen molar-refractivity contribution in [2.24, 2.45) is 0 Å². The summed E-state index contributed by atoms with van der Waals surface area (Å²) in [6.45, 7) is -0.123. The Morgan fingerprint density at radius 2 is 2.00 bits per heavy atom. The number of aliphatic hydroxyl groups excluding tert-OH is 1. The van der Waals surface area contributed by atoms with E-state index < -0.39 is 18.0 Å². The Bertz CT molecular complexity index is 782. The quantitative estimate of drug-likeness (QED) is 0.843. The second-order valence-electron chi connectivity index (χ2n) is 5.40. The first-order chi connectivity index (χ1) is 12.0. The molecule has 1 atom stereocenters. The van der Waals surface area contributed by atoms with Gasteiger partial charge < -0.3 is 14.6 Å². The first-order valence-electron chi connectivity index (χ1n) is 7.44. The number of ether oxygens (including phenoxy) is 2. The van der Waals surface area contributed by atoms with Crippen LogP contribution in [0.5, 0.6) is 5.75 Å². The lowest BCUT2D eigenvalue weighted by atomic mass is 10.2. The highest BCUT2D eigenvalue weighted by Crippen LogP contribution is 2.29. The monoisotopic (exact) mass is 385 g/mol. The summed E-state index contributed by atoms with van der Waals surface area (Å²) in [5, 5.41) is 9.91. The van der Waals surface area contributed by atoms with Crippen LogP contribution >= 0.6 is 23.2 Å². The van der Waals surface area contributed by atoms with Crippen LogP contribution < -0.4 is 9.64 Å². The van der Waals surface area contributed by atoms with Crippen LogP contribution in [0.2, 0.25) is 10.0 Å². The Kier molecular flexibility index (Phi) is 5.32. The molecule has 1 aliphatic heterocycles. The summed E-state index contributed by atoms with van der Waals surface area (Å²) >= 11 is 12.1. The van der Waals surface area contributed by atoms with E-state index in [1.54, 1.807) is 18.2 Å². The minimum absolute atomic E-state index is 0.00556. The van der Waals surface area contributed by atoms with Gasteiger partial charge in [0.05, 0.1) is 18.8 Å². The molecule has 0 spiro atoms. The molecule has 5 nitrogen and oxygen atoms in total. The van der Waals surface area contributed by atoms with E-state index >= 15 is 0 Å². The third-order valence-electron chi connectivity index (χ3n) is 3.74. The molecule has 8 heteroatoms. The van der Waals surface area contributed by atoms with Crippen LogP contribution in [0.3, 0.4) is 0 Å². The number of amides is 1. The van der Waals surface area contributed by atoms with Gasteiger partial charge in [-0.25, -0.2) is 9.18 Å². The van der Waals surface area contributed by atoms with Crippen LogP contribution in [0, 0.1) is 5.82 Å². The van der Waals surface area contributed by atoms with E-state index in [9.17, 15) is 9.18 Å². The lowest BCUT2D eigenvalue weighted by Crippen LogP contribution is -2.25. The molecule has 3 rings (SSSR count). The Morgan fingerprint density at radius 1 is 1.28 bits per heavy atom. The topological polar surface area (TPSA) is 59.0 Å². The van der Waals surface area contributed by atoms with Crippen molar-refractivity contribution in [1.29, 1.82) is 0 Å². The average Bonchev–Trinajstić information content (AvgIpc) is 2.96. The molecule has 132 valence electrons.